The first-order valence-corrected chi connectivity index (χ1v) is 14.8. The predicted octanol–water partition coefficient (Wildman–Crippen LogP) is 11.9. The highest BCUT2D eigenvalue weighted by molar-refractivity contribution is 6.17. The largest absolute Gasteiger partial charge is 0.310 e. The molecule has 1 heteroatoms. The molecule has 0 bridgehead atoms. The summed E-state index contributed by atoms with van der Waals surface area (Å²) in [6.45, 7) is 0. The Morgan fingerprint density at radius 2 is 0.767 bits per heavy atom. The van der Waals surface area contributed by atoms with E-state index in [2.05, 4.69) is 181 Å². The normalized spacial score (nSPS) is 11.3. The van der Waals surface area contributed by atoms with Gasteiger partial charge in [-0.25, -0.2) is 0 Å². The Kier molecular flexibility index (Phi) is 6.20. The second-order valence-corrected chi connectivity index (χ2v) is 11.0. The van der Waals surface area contributed by atoms with Crippen LogP contribution in [0.25, 0.3) is 54.6 Å². The van der Waals surface area contributed by atoms with Crippen LogP contribution in [-0.4, -0.2) is 0 Å². The fourth-order valence-electron chi connectivity index (χ4n) is 6.29. The van der Waals surface area contributed by atoms with E-state index in [9.17, 15) is 0 Å². The Bertz CT molecular complexity index is 2220. The van der Waals surface area contributed by atoms with Crippen molar-refractivity contribution < 1.29 is 0 Å². The third-order valence-corrected chi connectivity index (χ3v) is 8.43. The van der Waals surface area contributed by atoms with Gasteiger partial charge in [-0.15, -0.1) is 0 Å². The molecule has 0 unspecified atom stereocenters. The number of rotatable bonds is 5. The van der Waals surface area contributed by atoms with Gasteiger partial charge in [0.25, 0.3) is 0 Å². The van der Waals surface area contributed by atoms with E-state index < -0.39 is 0 Å². The van der Waals surface area contributed by atoms with Gasteiger partial charge in [0.2, 0.25) is 0 Å². The highest BCUT2D eigenvalue weighted by atomic mass is 15.1. The lowest BCUT2D eigenvalue weighted by atomic mass is 9.96. The Morgan fingerprint density at radius 3 is 1.51 bits per heavy atom. The molecular weight excluding hydrogens is 518 g/mol. The summed E-state index contributed by atoms with van der Waals surface area (Å²) >= 11 is 0. The van der Waals surface area contributed by atoms with Gasteiger partial charge in [-0.1, -0.05) is 133 Å². The van der Waals surface area contributed by atoms with Gasteiger partial charge >= 0.3 is 0 Å². The summed E-state index contributed by atoms with van der Waals surface area (Å²) in [5, 5.41) is 7.66. The Morgan fingerprint density at radius 1 is 0.256 bits per heavy atom. The van der Waals surface area contributed by atoms with E-state index in [0.717, 1.165) is 17.1 Å². The third kappa shape index (κ3) is 4.62. The van der Waals surface area contributed by atoms with Crippen molar-refractivity contribution in [2.45, 2.75) is 0 Å². The van der Waals surface area contributed by atoms with Crippen LogP contribution in [0.3, 0.4) is 0 Å². The van der Waals surface area contributed by atoms with Crippen molar-refractivity contribution in [1.29, 1.82) is 0 Å². The van der Waals surface area contributed by atoms with Gasteiger partial charge in [0.15, 0.2) is 0 Å². The number of hydrogen-bond acceptors (Lipinski definition) is 1. The first kappa shape index (κ1) is 25.1. The highest BCUT2D eigenvalue weighted by Gasteiger charge is 2.14. The van der Waals surface area contributed by atoms with Crippen molar-refractivity contribution in [1.82, 2.24) is 0 Å². The van der Waals surface area contributed by atoms with Crippen molar-refractivity contribution in [3.8, 4) is 22.3 Å². The minimum Gasteiger partial charge on any atom is -0.310 e. The molecule has 1 nitrogen and oxygen atoms in total. The molecule has 0 heterocycles. The molecule has 0 radical (unpaired) electrons. The maximum Gasteiger partial charge on any atom is 0.0468 e. The number of nitrogens with zero attached hydrogens (tertiary/aromatic N) is 1. The Hall–Kier alpha value is -5.66. The van der Waals surface area contributed by atoms with E-state index in [-0.39, 0.29) is 0 Å². The second kappa shape index (κ2) is 10.6. The molecule has 8 aromatic rings. The van der Waals surface area contributed by atoms with Crippen molar-refractivity contribution in [2.24, 2.45) is 0 Å². The van der Waals surface area contributed by atoms with Crippen molar-refractivity contribution >= 4 is 49.4 Å². The summed E-state index contributed by atoms with van der Waals surface area (Å²) in [5.74, 6) is 0. The van der Waals surface area contributed by atoms with Crippen LogP contribution in [0.5, 0.6) is 0 Å². The average Bonchev–Trinajstić information content (AvgIpc) is 3.09. The quantitative estimate of drug-likeness (QED) is 0.194. The van der Waals surface area contributed by atoms with Crippen LogP contribution in [0.4, 0.5) is 17.1 Å². The van der Waals surface area contributed by atoms with Crippen LogP contribution in [0.15, 0.2) is 176 Å². The van der Waals surface area contributed by atoms with E-state index in [1.54, 1.807) is 0 Å². The maximum absolute atomic E-state index is 2.34. The summed E-state index contributed by atoms with van der Waals surface area (Å²) in [6, 6.07) is 63.4. The molecule has 0 spiro atoms. The number of hydrogen-bond donors (Lipinski definition) is 0. The second-order valence-electron chi connectivity index (χ2n) is 11.0. The summed E-state index contributed by atoms with van der Waals surface area (Å²) in [7, 11) is 0. The number of benzene rings is 8. The third-order valence-electron chi connectivity index (χ3n) is 8.43. The summed E-state index contributed by atoms with van der Waals surface area (Å²) in [6.07, 6.45) is 0. The van der Waals surface area contributed by atoms with Gasteiger partial charge < -0.3 is 4.90 Å². The van der Waals surface area contributed by atoms with Gasteiger partial charge in [0, 0.05) is 17.1 Å². The lowest BCUT2D eigenvalue weighted by Crippen LogP contribution is -2.09. The SMILES string of the molecule is c1ccc(-c2cccc(-c3ccc(N(c4ccccc4)c4ccc5c(ccc6c7ccccc7ccc56)c4)cc3)c2)cc1. The maximum atomic E-state index is 2.34. The minimum absolute atomic E-state index is 1.13. The van der Waals surface area contributed by atoms with Crippen LogP contribution in [-0.2, 0) is 0 Å². The molecule has 8 rings (SSSR count). The Balaban J connectivity index is 1.20. The van der Waals surface area contributed by atoms with Crippen molar-refractivity contribution in [3.05, 3.63) is 176 Å². The first-order valence-electron chi connectivity index (χ1n) is 14.8. The molecular formula is C42H29N. The summed E-state index contributed by atoms with van der Waals surface area (Å²) in [5.41, 5.74) is 8.26. The zero-order valence-corrected chi connectivity index (χ0v) is 23.7. The lowest BCUT2D eigenvalue weighted by molar-refractivity contribution is 1.29. The Labute approximate surface area is 251 Å². The molecule has 0 aliphatic rings. The summed E-state index contributed by atoms with van der Waals surface area (Å²) < 4.78 is 0. The molecule has 0 aliphatic heterocycles. The van der Waals surface area contributed by atoms with E-state index >= 15 is 0 Å². The van der Waals surface area contributed by atoms with Gasteiger partial charge in [-0.05, 0) is 97.0 Å². The molecule has 8 aromatic carbocycles. The zero-order chi connectivity index (χ0) is 28.6. The van der Waals surface area contributed by atoms with Crippen LogP contribution in [0, 0.1) is 0 Å². The molecule has 0 aromatic heterocycles. The lowest BCUT2D eigenvalue weighted by Gasteiger charge is -2.26. The molecule has 0 aliphatic carbocycles. The molecule has 43 heavy (non-hydrogen) atoms. The van der Waals surface area contributed by atoms with Gasteiger partial charge in [-0.3, -0.25) is 0 Å². The van der Waals surface area contributed by atoms with Gasteiger partial charge in [-0.2, -0.15) is 0 Å². The highest BCUT2D eigenvalue weighted by Crippen LogP contribution is 2.39. The van der Waals surface area contributed by atoms with Crippen LogP contribution in [0.2, 0.25) is 0 Å². The molecule has 0 N–H and O–H groups in total. The molecule has 0 fully saturated rings. The molecule has 0 saturated heterocycles. The molecule has 202 valence electrons. The van der Waals surface area contributed by atoms with Gasteiger partial charge in [0.05, 0.1) is 0 Å². The minimum atomic E-state index is 1.13. The average molecular weight is 548 g/mol. The monoisotopic (exact) mass is 547 g/mol. The zero-order valence-electron chi connectivity index (χ0n) is 23.7. The predicted molar refractivity (Wildman–Crippen MR) is 185 cm³/mol. The van der Waals surface area contributed by atoms with E-state index in [1.807, 2.05) is 0 Å². The topological polar surface area (TPSA) is 3.24 Å². The van der Waals surface area contributed by atoms with E-state index in [0.29, 0.717) is 0 Å². The van der Waals surface area contributed by atoms with Crippen molar-refractivity contribution in [2.75, 3.05) is 4.90 Å². The van der Waals surface area contributed by atoms with Crippen molar-refractivity contribution in [3.63, 3.8) is 0 Å². The molecule has 0 saturated carbocycles. The molecule has 0 atom stereocenters. The number of anilines is 3. The van der Waals surface area contributed by atoms with E-state index in [1.165, 1.54) is 54.6 Å². The fraction of sp³-hybridized carbons (Fsp3) is 0. The standard InChI is InChI=1S/C42H29N/c1-3-10-30(11-4-1)33-13-9-14-34(28-33)31-18-22-37(23-19-31)43(36-15-5-2-6-16-36)38-24-27-40-35(29-38)21-26-41-39-17-8-7-12-32(39)20-25-42(40)41/h1-29H. The van der Waals surface area contributed by atoms with Gasteiger partial charge in [0.1, 0.15) is 0 Å². The van der Waals surface area contributed by atoms with E-state index in [4.69, 9.17) is 0 Å². The van der Waals surface area contributed by atoms with Crippen LogP contribution >= 0.6 is 0 Å². The van der Waals surface area contributed by atoms with Crippen LogP contribution < -0.4 is 4.90 Å². The smallest absolute Gasteiger partial charge is 0.0468 e. The first-order chi connectivity index (χ1) is 21.3. The number of fused-ring (bicyclic) bond motifs is 5. The summed E-state index contributed by atoms with van der Waals surface area (Å²) in [4.78, 5) is 2.34. The van der Waals surface area contributed by atoms with Crippen LogP contribution in [0.1, 0.15) is 0 Å². The fourth-order valence-corrected chi connectivity index (χ4v) is 6.29. The number of para-hydroxylation sites is 1. The molecule has 0 amide bonds.